The van der Waals surface area contributed by atoms with Gasteiger partial charge in [0, 0.05) is 6.54 Å². The Kier molecular flexibility index (Phi) is 11.5. The largest absolute Gasteiger partial charge is 0.468 e. The van der Waals surface area contributed by atoms with Gasteiger partial charge in [0.25, 0.3) is 0 Å². The highest BCUT2D eigenvalue weighted by atomic mass is 16.6. The molecule has 0 spiro atoms. The van der Waals surface area contributed by atoms with Crippen molar-refractivity contribution in [3.8, 4) is 0 Å². The van der Waals surface area contributed by atoms with Crippen molar-refractivity contribution in [3.05, 3.63) is 34.9 Å². The molecular weight excluding hydrogens is 438 g/mol. The zero-order valence-corrected chi connectivity index (χ0v) is 21.4. The maximum atomic E-state index is 13.3. The lowest BCUT2D eigenvalue weighted by Gasteiger charge is -2.32. The molecule has 2 N–H and O–H groups in total. The molecule has 9 heteroatoms. The zero-order valence-electron chi connectivity index (χ0n) is 21.4. The van der Waals surface area contributed by atoms with Crippen molar-refractivity contribution in [2.75, 3.05) is 26.7 Å². The van der Waals surface area contributed by atoms with Crippen LogP contribution in [0.25, 0.3) is 0 Å². The highest BCUT2D eigenvalue weighted by molar-refractivity contribution is 5.92. The SMILES string of the molecule is CCCCCN(C(=O)CNC(=O)OC(C)(C)C)C(C(=O)NCC(=O)OC)c1cc(C)ccc1C. The fourth-order valence-corrected chi connectivity index (χ4v) is 3.33. The highest BCUT2D eigenvalue weighted by Crippen LogP contribution is 2.26. The summed E-state index contributed by atoms with van der Waals surface area (Å²) in [6.07, 6.45) is 1.76. The number of nitrogens with one attached hydrogen (secondary N) is 2. The molecule has 34 heavy (non-hydrogen) atoms. The van der Waals surface area contributed by atoms with Gasteiger partial charge < -0.3 is 25.0 Å². The summed E-state index contributed by atoms with van der Waals surface area (Å²) in [6.45, 7) is 10.7. The normalized spacial score (nSPS) is 11.9. The van der Waals surface area contributed by atoms with Crippen LogP contribution in [0, 0.1) is 13.8 Å². The molecule has 0 heterocycles. The lowest BCUT2D eigenvalue weighted by molar-refractivity contribution is -0.143. The van der Waals surface area contributed by atoms with E-state index in [1.165, 1.54) is 12.0 Å². The summed E-state index contributed by atoms with van der Waals surface area (Å²) >= 11 is 0. The third-order valence-electron chi connectivity index (χ3n) is 5.03. The van der Waals surface area contributed by atoms with Gasteiger partial charge >= 0.3 is 12.1 Å². The van der Waals surface area contributed by atoms with Crippen molar-refractivity contribution < 1.29 is 28.7 Å². The number of unbranched alkanes of at least 4 members (excludes halogenated alkanes) is 2. The third-order valence-corrected chi connectivity index (χ3v) is 5.03. The van der Waals surface area contributed by atoms with Gasteiger partial charge in [-0.05, 0) is 52.2 Å². The number of amides is 3. The van der Waals surface area contributed by atoms with E-state index in [1.54, 1.807) is 20.8 Å². The van der Waals surface area contributed by atoms with E-state index in [2.05, 4.69) is 15.4 Å². The van der Waals surface area contributed by atoms with Gasteiger partial charge in [-0.25, -0.2) is 4.79 Å². The summed E-state index contributed by atoms with van der Waals surface area (Å²) in [4.78, 5) is 51.8. The molecular formula is C25H39N3O6. The van der Waals surface area contributed by atoms with Crippen molar-refractivity contribution >= 4 is 23.9 Å². The third kappa shape index (κ3) is 9.80. The number of carbonyl (C=O) groups excluding carboxylic acids is 4. The maximum Gasteiger partial charge on any atom is 0.408 e. The summed E-state index contributed by atoms with van der Waals surface area (Å²) in [7, 11) is 1.24. The minimum Gasteiger partial charge on any atom is -0.468 e. The summed E-state index contributed by atoms with van der Waals surface area (Å²) in [6, 6.07) is 4.70. The molecule has 1 unspecified atom stereocenters. The molecule has 0 aliphatic carbocycles. The molecule has 1 rings (SSSR count). The van der Waals surface area contributed by atoms with Crippen molar-refractivity contribution in [1.29, 1.82) is 0 Å². The minimum atomic E-state index is -0.977. The average molecular weight is 478 g/mol. The van der Waals surface area contributed by atoms with Gasteiger partial charge in [0.15, 0.2) is 0 Å². The second-order valence-electron chi connectivity index (χ2n) is 9.21. The first-order valence-electron chi connectivity index (χ1n) is 11.6. The van der Waals surface area contributed by atoms with Crippen LogP contribution in [0.1, 0.15) is 69.7 Å². The molecule has 0 radical (unpaired) electrons. The molecule has 9 nitrogen and oxygen atoms in total. The number of methoxy groups -OCH3 is 1. The molecule has 1 aromatic rings. The number of esters is 1. The van der Waals surface area contributed by atoms with Gasteiger partial charge in [0.2, 0.25) is 11.8 Å². The Morgan fingerprint density at radius 2 is 1.71 bits per heavy atom. The second kappa shape index (κ2) is 13.6. The summed E-state index contributed by atoms with van der Waals surface area (Å²) in [5.74, 6) is -1.52. The van der Waals surface area contributed by atoms with Crippen molar-refractivity contribution in [2.45, 2.75) is 72.4 Å². The quantitative estimate of drug-likeness (QED) is 0.374. The fraction of sp³-hybridized carbons (Fsp3) is 0.600. The predicted molar refractivity (Wildman–Crippen MR) is 129 cm³/mol. The first kappa shape index (κ1) is 28.9. The number of carbonyl (C=O) groups is 4. The molecule has 190 valence electrons. The van der Waals surface area contributed by atoms with Crippen molar-refractivity contribution in [2.24, 2.45) is 0 Å². The molecule has 0 aliphatic rings. The Labute approximate surface area is 202 Å². The summed E-state index contributed by atoms with van der Waals surface area (Å²) in [5, 5.41) is 5.06. The highest BCUT2D eigenvalue weighted by Gasteiger charge is 2.33. The van der Waals surface area contributed by atoms with E-state index in [4.69, 9.17) is 4.74 Å². The van der Waals surface area contributed by atoms with Crippen LogP contribution in [0.3, 0.4) is 0 Å². The van der Waals surface area contributed by atoms with E-state index in [9.17, 15) is 19.2 Å². The molecule has 1 atom stereocenters. The lowest BCUT2D eigenvalue weighted by atomic mass is 9.96. The number of nitrogens with zero attached hydrogens (tertiary/aromatic N) is 1. The van der Waals surface area contributed by atoms with Crippen LogP contribution < -0.4 is 10.6 Å². The molecule has 0 saturated heterocycles. The molecule has 0 aromatic heterocycles. The van der Waals surface area contributed by atoms with E-state index < -0.39 is 35.5 Å². The fourth-order valence-electron chi connectivity index (χ4n) is 3.33. The van der Waals surface area contributed by atoms with E-state index in [1.807, 2.05) is 39.0 Å². The molecule has 3 amide bonds. The first-order valence-corrected chi connectivity index (χ1v) is 11.6. The van der Waals surface area contributed by atoms with E-state index in [-0.39, 0.29) is 13.1 Å². The van der Waals surface area contributed by atoms with Gasteiger partial charge in [-0.1, -0.05) is 43.5 Å². The monoisotopic (exact) mass is 477 g/mol. The van der Waals surface area contributed by atoms with E-state index in [0.717, 1.165) is 24.0 Å². The summed E-state index contributed by atoms with van der Waals surface area (Å²) in [5.41, 5.74) is 1.71. The first-order chi connectivity index (χ1) is 15.9. The van der Waals surface area contributed by atoms with Crippen molar-refractivity contribution in [3.63, 3.8) is 0 Å². The number of rotatable bonds is 11. The van der Waals surface area contributed by atoms with Gasteiger partial charge in [-0.2, -0.15) is 0 Å². The number of aryl methyl sites for hydroxylation is 2. The maximum absolute atomic E-state index is 13.3. The van der Waals surface area contributed by atoms with Crippen LogP contribution in [-0.2, 0) is 23.9 Å². The standard InChI is InChI=1S/C25H39N3O6/c1-8-9-10-13-28(20(29)15-27-24(32)34-25(4,5)6)22(23(31)26-16-21(30)33-7)19-14-17(2)11-12-18(19)3/h11-12,14,22H,8-10,13,15-16H2,1-7H3,(H,26,31)(H,27,32). The molecule has 0 bridgehead atoms. The number of ether oxygens (including phenoxy) is 2. The second-order valence-corrected chi connectivity index (χ2v) is 9.21. The Balaban J connectivity index is 3.28. The Hall–Kier alpha value is -3.10. The van der Waals surface area contributed by atoms with Gasteiger partial charge in [0.05, 0.1) is 7.11 Å². The van der Waals surface area contributed by atoms with E-state index >= 15 is 0 Å². The van der Waals surface area contributed by atoms with Crippen molar-refractivity contribution in [1.82, 2.24) is 15.5 Å². The minimum absolute atomic E-state index is 0.312. The number of hydrogen-bond acceptors (Lipinski definition) is 6. The number of alkyl carbamates (subject to hydrolysis) is 1. The van der Waals surface area contributed by atoms with Gasteiger partial charge in [-0.15, -0.1) is 0 Å². The molecule has 1 aromatic carbocycles. The van der Waals surface area contributed by atoms with Crippen LogP contribution in [0.4, 0.5) is 4.79 Å². The van der Waals surface area contributed by atoms with Crippen LogP contribution >= 0.6 is 0 Å². The van der Waals surface area contributed by atoms with Gasteiger partial charge in [0.1, 0.15) is 24.7 Å². The number of hydrogen-bond donors (Lipinski definition) is 2. The lowest BCUT2D eigenvalue weighted by Crippen LogP contribution is -2.49. The Bertz CT molecular complexity index is 863. The summed E-state index contributed by atoms with van der Waals surface area (Å²) < 4.78 is 9.85. The Morgan fingerprint density at radius 3 is 2.29 bits per heavy atom. The Morgan fingerprint density at radius 1 is 1.03 bits per heavy atom. The molecule has 0 fully saturated rings. The molecule has 0 saturated carbocycles. The zero-order chi connectivity index (χ0) is 25.9. The van der Waals surface area contributed by atoms with Crippen LogP contribution in [0.5, 0.6) is 0 Å². The average Bonchev–Trinajstić information content (AvgIpc) is 2.76. The van der Waals surface area contributed by atoms with E-state index in [0.29, 0.717) is 18.5 Å². The van der Waals surface area contributed by atoms with Gasteiger partial charge in [-0.3, -0.25) is 14.4 Å². The van der Waals surface area contributed by atoms with Crippen LogP contribution in [0.15, 0.2) is 18.2 Å². The molecule has 0 aliphatic heterocycles. The van der Waals surface area contributed by atoms with Crippen LogP contribution in [0.2, 0.25) is 0 Å². The number of benzene rings is 1. The van der Waals surface area contributed by atoms with Crippen LogP contribution in [-0.4, -0.2) is 61.1 Å². The topological polar surface area (TPSA) is 114 Å². The predicted octanol–water partition coefficient (Wildman–Crippen LogP) is 3.18. The smallest absolute Gasteiger partial charge is 0.408 e.